The number of nitrogens with one attached hydrogen (secondary N) is 1. The lowest BCUT2D eigenvalue weighted by molar-refractivity contribution is 0.143. The van der Waals surface area contributed by atoms with Gasteiger partial charge >= 0.3 is 0 Å². The molecule has 0 aliphatic carbocycles. The summed E-state index contributed by atoms with van der Waals surface area (Å²) in [5, 5.41) is 3.56. The molecule has 0 spiro atoms. The molecule has 1 aromatic rings. The van der Waals surface area contributed by atoms with E-state index in [4.69, 9.17) is 4.74 Å². The van der Waals surface area contributed by atoms with Gasteiger partial charge in [0.1, 0.15) is 11.9 Å². The van der Waals surface area contributed by atoms with Gasteiger partial charge in [-0.3, -0.25) is 0 Å². The van der Waals surface area contributed by atoms with Crippen LogP contribution in [0.15, 0.2) is 24.3 Å². The highest BCUT2D eigenvalue weighted by Crippen LogP contribution is 2.22. The number of rotatable bonds is 9. The third-order valence-corrected chi connectivity index (χ3v) is 3.54. The number of hydrogen-bond acceptors (Lipinski definition) is 3. The maximum atomic E-state index is 6.23. The minimum Gasteiger partial charge on any atom is -0.489 e. The molecule has 0 bridgehead atoms. The highest BCUT2D eigenvalue weighted by atomic mass is 16.5. The van der Waals surface area contributed by atoms with E-state index in [-0.39, 0.29) is 6.10 Å². The quantitative estimate of drug-likeness (QED) is 0.745. The van der Waals surface area contributed by atoms with Gasteiger partial charge in [0.05, 0.1) is 0 Å². The summed E-state index contributed by atoms with van der Waals surface area (Å²) in [5.74, 6) is 0.960. The van der Waals surface area contributed by atoms with Gasteiger partial charge in [0.15, 0.2) is 0 Å². The van der Waals surface area contributed by atoms with Gasteiger partial charge in [-0.05, 0) is 31.5 Å². The molecule has 20 heavy (non-hydrogen) atoms. The van der Waals surface area contributed by atoms with E-state index in [1.54, 1.807) is 0 Å². The number of likely N-dealkylation sites (N-methyl/N-ethyl adjacent to an activating group) is 1. The molecule has 114 valence electrons. The van der Waals surface area contributed by atoms with Gasteiger partial charge in [-0.25, -0.2) is 0 Å². The summed E-state index contributed by atoms with van der Waals surface area (Å²) < 4.78 is 6.23. The lowest BCUT2D eigenvalue weighted by Gasteiger charge is -2.28. The van der Waals surface area contributed by atoms with Crippen LogP contribution in [0.2, 0.25) is 0 Å². The van der Waals surface area contributed by atoms with Crippen LogP contribution in [0.3, 0.4) is 0 Å². The Balaban J connectivity index is 2.78. The van der Waals surface area contributed by atoms with E-state index in [1.807, 2.05) is 6.07 Å². The molecule has 1 N–H and O–H groups in total. The van der Waals surface area contributed by atoms with Crippen LogP contribution in [0, 0.1) is 0 Å². The first-order valence-corrected chi connectivity index (χ1v) is 7.79. The predicted molar refractivity (Wildman–Crippen MR) is 87.8 cm³/mol. The van der Waals surface area contributed by atoms with E-state index >= 15 is 0 Å². The number of anilines is 1. The van der Waals surface area contributed by atoms with Crippen LogP contribution in [0.4, 0.5) is 5.69 Å². The first-order chi connectivity index (χ1) is 9.62. The first-order valence-electron chi connectivity index (χ1n) is 7.79. The van der Waals surface area contributed by atoms with Crippen molar-refractivity contribution in [2.75, 3.05) is 25.5 Å². The molecule has 0 amide bonds. The van der Waals surface area contributed by atoms with Crippen LogP contribution in [0.25, 0.3) is 0 Å². The van der Waals surface area contributed by atoms with Gasteiger partial charge in [0, 0.05) is 31.9 Å². The van der Waals surface area contributed by atoms with Crippen molar-refractivity contribution in [2.45, 2.75) is 52.2 Å². The van der Waals surface area contributed by atoms with Crippen molar-refractivity contribution in [1.29, 1.82) is 0 Å². The fourth-order valence-corrected chi connectivity index (χ4v) is 2.45. The van der Waals surface area contributed by atoms with Gasteiger partial charge in [-0.1, -0.05) is 33.3 Å². The zero-order valence-corrected chi connectivity index (χ0v) is 13.6. The molecule has 0 radical (unpaired) electrons. The zero-order valence-electron chi connectivity index (χ0n) is 13.6. The second-order valence-corrected chi connectivity index (χ2v) is 5.41. The Kier molecular flexibility index (Phi) is 7.45. The van der Waals surface area contributed by atoms with E-state index in [0.29, 0.717) is 6.04 Å². The third kappa shape index (κ3) is 5.04. The summed E-state index contributed by atoms with van der Waals surface area (Å²) in [6, 6.07) is 8.74. The molecule has 0 heterocycles. The number of hydrogen-bond donors (Lipinski definition) is 1. The monoisotopic (exact) mass is 278 g/mol. The fraction of sp³-hybridized carbons (Fsp3) is 0.647. The molecule has 0 saturated heterocycles. The third-order valence-electron chi connectivity index (χ3n) is 3.54. The minimum absolute atomic E-state index is 0.229. The number of benzene rings is 1. The molecule has 3 heteroatoms. The maximum Gasteiger partial charge on any atom is 0.121 e. The molecule has 0 aromatic heterocycles. The van der Waals surface area contributed by atoms with Crippen molar-refractivity contribution in [3.8, 4) is 5.75 Å². The molecule has 0 saturated carbocycles. The Bertz CT molecular complexity index is 373. The van der Waals surface area contributed by atoms with E-state index in [2.05, 4.69) is 63.3 Å². The Hall–Kier alpha value is -1.22. The molecular formula is C17H30N2O. The summed E-state index contributed by atoms with van der Waals surface area (Å²) in [4.78, 5) is 2.10. The molecule has 0 aliphatic heterocycles. The molecule has 0 fully saturated rings. The van der Waals surface area contributed by atoms with Gasteiger partial charge in [0.25, 0.3) is 0 Å². The van der Waals surface area contributed by atoms with Crippen molar-refractivity contribution < 1.29 is 4.74 Å². The zero-order chi connectivity index (χ0) is 15.0. The summed E-state index contributed by atoms with van der Waals surface area (Å²) in [7, 11) is 4.10. The van der Waals surface area contributed by atoms with Gasteiger partial charge < -0.3 is 15.0 Å². The molecule has 1 aromatic carbocycles. The number of nitrogens with zero attached hydrogens (tertiary/aromatic N) is 1. The lowest BCUT2D eigenvalue weighted by atomic mass is 10.0. The molecule has 2 atom stereocenters. The van der Waals surface area contributed by atoms with Crippen molar-refractivity contribution in [1.82, 2.24) is 5.32 Å². The Morgan fingerprint density at radius 3 is 2.50 bits per heavy atom. The topological polar surface area (TPSA) is 24.5 Å². The van der Waals surface area contributed by atoms with Crippen LogP contribution < -0.4 is 15.0 Å². The Morgan fingerprint density at radius 1 is 1.20 bits per heavy atom. The molecule has 1 rings (SSSR count). The van der Waals surface area contributed by atoms with Gasteiger partial charge in [0.2, 0.25) is 0 Å². The molecule has 3 nitrogen and oxygen atoms in total. The minimum atomic E-state index is 0.229. The summed E-state index contributed by atoms with van der Waals surface area (Å²) in [6.45, 7) is 7.56. The summed E-state index contributed by atoms with van der Waals surface area (Å²) in [5.41, 5.74) is 1.17. The van der Waals surface area contributed by atoms with Crippen molar-refractivity contribution in [2.24, 2.45) is 0 Å². The normalized spacial score (nSPS) is 13.8. The first kappa shape index (κ1) is 16.8. The smallest absolute Gasteiger partial charge is 0.121 e. The lowest BCUT2D eigenvalue weighted by Crippen LogP contribution is -2.42. The highest BCUT2D eigenvalue weighted by molar-refractivity contribution is 5.49. The van der Waals surface area contributed by atoms with Crippen LogP contribution in [0.5, 0.6) is 5.75 Å². The SMILES string of the molecule is CCCC(NCC)C(CC)Oc1cccc(N(C)C)c1. The summed E-state index contributed by atoms with van der Waals surface area (Å²) >= 11 is 0. The molecule has 0 aliphatic rings. The summed E-state index contributed by atoms with van der Waals surface area (Å²) in [6.07, 6.45) is 3.58. The highest BCUT2D eigenvalue weighted by Gasteiger charge is 2.20. The second kappa shape index (κ2) is 8.85. The van der Waals surface area contributed by atoms with Crippen LogP contribution in [-0.2, 0) is 0 Å². The predicted octanol–water partition coefficient (Wildman–Crippen LogP) is 3.69. The van der Waals surface area contributed by atoms with E-state index < -0.39 is 0 Å². The standard InChI is InChI=1S/C17H30N2O/c1-6-10-16(18-8-3)17(7-2)20-15-12-9-11-14(13-15)19(4)5/h9,11-13,16-18H,6-8,10H2,1-5H3. The van der Waals surface area contributed by atoms with Crippen molar-refractivity contribution in [3.63, 3.8) is 0 Å². The van der Waals surface area contributed by atoms with Crippen LogP contribution >= 0.6 is 0 Å². The Morgan fingerprint density at radius 2 is 1.95 bits per heavy atom. The second-order valence-electron chi connectivity index (χ2n) is 5.41. The van der Waals surface area contributed by atoms with Crippen molar-refractivity contribution >= 4 is 5.69 Å². The average Bonchev–Trinajstić information content (AvgIpc) is 2.45. The van der Waals surface area contributed by atoms with E-state index in [9.17, 15) is 0 Å². The largest absolute Gasteiger partial charge is 0.489 e. The molecular weight excluding hydrogens is 248 g/mol. The van der Waals surface area contributed by atoms with E-state index in [1.165, 1.54) is 12.1 Å². The van der Waals surface area contributed by atoms with Gasteiger partial charge in [-0.2, -0.15) is 0 Å². The van der Waals surface area contributed by atoms with Gasteiger partial charge in [-0.15, -0.1) is 0 Å². The maximum absolute atomic E-state index is 6.23. The van der Waals surface area contributed by atoms with Crippen LogP contribution in [0.1, 0.15) is 40.0 Å². The Labute approximate surface area is 124 Å². The fourth-order valence-electron chi connectivity index (χ4n) is 2.45. The number of ether oxygens (including phenoxy) is 1. The van der Waals surface area contributed by atoms with Crippen molar-refractivity contribution in [3.05, 3.63) is 24.3 Å². The average molecular weight is 278 g/mol. The van der Waals surface area contributed by atoms with E-state index in [0.717, 1.165) is 25.1 Å². The van der Waals surface area contributed by atoms with Crippen LogP contribution in [-0.4, -0.2) is 32.8 Å². The molecule has 2 unspecified atom stereocenters.